The molecule has 0 aliphatic carbocycles. The highest BCUT2D eigenvalue weighted by molar-refractivity contribution is 6.34. The van der Waals surface area contributed by atoms with Crippen molar-refractivity contribution in [2.45, 2.75) is 64.2 Å². The molecule has 3 aliphatic rings. The van der Waals surface area contributed by atoms with Crippen molar-refractivity contribution in [1.29, 1.82) is 0 Å². The van der Waals surface area contributed by atoms with Gasteiger partial charge in [0.2, 0.25) is 0 Å². The first-order chi connectivity index (χ1) is 20.5. The number of anilines is 1. The Morgan fingerprint density at radius 3 is 2.09 bits per heavy atom. The van der Waals surface area contributed by atoms with E-state index in [-0.39, 0.29) is 17.9 Å². The quantitative estimate of drug-likeness (QED) is 0.484. The van der Waals surface area contributed by atoms with Gasteiger partial charge in [0.15, 0.2) is 6.10 Å². The summed E-state index contributed by atoms with van der Waals surface area (Å²) < 4.78 is 5.29. The fourth-order valence-electron chi connectivity index (χ4n) is 6.43. The van der Waals surface area contributed by atoms with Crippen LogP contribution < -0.4 is 10.2 Å². The van der Waals surface area contributed by atoms with E-state index in [1.165, 1.54) is 0 Å². The zero-order chi connectivity index (χ0) is 30.7. The number of aliphatic hydroxyl groups excluding tert-OH is 1. The third kappa shape index (κ3) is 7.62. The molecule has 3 heterocycles. The van der Waals surface area contributed by atoms with Crippen molar-refractivity contribution in [1.82, 2.24) is 15.1 Å². The van der Waals surface area contributed by atoms with Crippen LogP contribution in [0.25, 0.3) is 0 Å². The summed E-state index contributed by atoms with van der Waals surface area (Å²) in [5, 5.41) is 13.8. The Kier molecular flexibility index (Phi) is 9.51. The van der Waals surface area contributed by atoms with Crippen molar-refractivity contribution in [3.05, 3.63) is 64.7 Å². The maximum atomic E-state index is 13.0. The number of ether oxygens (including phenoxy) is 1. The molecule has 0 aromatic heterocycles. The summed E-state index contributed by atoms with van der Waals surface area (Å²) in [7, 11) is 0. The van der Waals surface area contributed by atoms with Gasteiger partial charge in [0.25, 0.3) is 11.8 Å². The van der Waals surface area contributed by atoms with Crippen LogP contribution >= 0.6 is 11.6 Å². The highest BCUT2D eigenvalue weighted by Gasteiger charge is 2.35. The molecule has 2 N–H and O–H groups in total. The monoisotopic (exact) mass is 610 g/mol. The second-order valence-electron chi connectivity index (χ2n) is 13.0. The van der Waals surface area contributed by atoms with Crippen LogP contribution in [0.5, 0.6) is 0 Å². The van der Waals surface area contributed by atoms with Crippen molar-refractivity contribution in [2.24, 2.45) is 11.8 Å². The minimum Gasteiger partial charge on any atom is -0.444 e. The van der Waals surface area contributed by atoms with Gasteiger partial charge in [0.05, 0.1) is 16.6 Å². The summed E-state index contributed by atoms with van der Waals surface area (Å²) in [6.45, 7) is 9.50. The Morgan fingerprint density at radius 1 is 0.907 bits per heavy atom. The number of rotatable bonds is 6. The van der Waals surface area contributed by atoms with Gasteiger partial charge in [-0.2, -0.15) is 0 Å². The van der Waals surface area contributed by atoms with Crippen LogP contribution in [0, 0.1) is 11.8 Å². The van der Waals surface area contributed by atoms with E-state index in [1.807, 2.05) is 56.0 Å². The molecule has 43 heavy (non-hydrogen) atoms. The second kappa shape index (κ2) is 13.1. The minimum absolute atomic E-state index is 0.133. The van der Waals surface area contributed by atoms with Crippen molar-refractivity contribution >= 4 is 35.2 Å². The van der Waals surface area contributed by atoms with Crippen LogP contribution in [-0.4, -0.2) is 83.7 Å². The number of hydrogen-bond donors (Lipinski definition) is 2. The molecule has 2 aromatic carbocycles. The third-order valence-electron chi connectivity index (χ3n) is 8.84. The van der Waals surface area contributed by atoms with E-state index in [1.54, 1.807) is 23.1 Å². The number of carbonyl (C=O) groups excluding carboxylic acids is 3. The van der Waals surface area contributed by atoms with E-state index in [4.69, 9.17) is 16.3 Å². The molecule has 1 atom stereocenters. The lowest BCUT2D eigenvalue weighted by Crippen LogP contribution is -2.61. The van der Waals surface area contributed by atoms with E-state index in [9.17, 15) is 19.5 Å². The van der Waals surface area contributed by atoms with Gasteiger partial charge < -0.3 is 29.9 Å². The summed E-state index contributed by atoms with van der Waals surface area (Å²) in [6, 6.07) is 14.6. The van der Waals surface area contributed by atoms with Crippen LogP contribution in [0.15, 0.2) is 48.5 Å². The number of alkyl carbamates (subject to hydrolysis) is 1. The van der Waals surface area contributed by atoms with Crippen LogP contribution in [-0.2, 0) is 9.53 Å². The number of nitrogens with zero attached hydrogens (tertiary/aromatic N) is 3. The topological polar surface area (TPSA) is 102 Å². The summed E-state index contributed by atoms with van der Waals surface area (Å²) in [5.41, 5.74) is 1.56. The Balaban J connectivity index is 1.06. The summed E-state index contributed by atoms with van der Waals surface area (Å²) in [5.74, 6) is 0.842. The van der Waals surface area contributed by atoms with Crippen molar-refractivity contribution in [3.63, 3.8) is 0 Å². The number of piperidine rings is 2. The molecule has 0 saturated carbocycles. The molecule has 0 bridgehead atoms. The molecule has 2 aromatic rings. The van der Waals surface area contributed by atoms with Crippen molar-refractivity contribution < 1.29 is 24.2 Å². The summed E-state index contributed by atoms with van der Waals surface area (Å²) in [6.07, 6.45) is 2.50. The van der Waals surface area contributed by atoms with Gasteiger partial charge in [0.1, 0.15) is 5.60 Å². The van der Waals surface area contributed by atoms with Gasteiger partial charge >= 0.3 is 6.09 Å². The molecule has 5 rings (SSSR count). The van der Waals surface area contributed by atoms with E-state index in [0.717, 1.165) is 44.5 Å². The van der Waals surface area contributed by atoms with Crippen molar-refractivity contribution in [3.8, 4) is 0 Å². The first-order valence-corrected chi connectivity index (χ1v) is 15.7. The van der Waals surface area contributed by atoms with Gasteiger partial charge in [-0.05, 0) is 82.1 Å². The molecule has 3 fully saturated rings. The van der Waals surface area contributed by atoms with Gasteiger partial charge in [-0.25, -0.2) is 4.79 Å². The zero-order valence-electron chi connectivity index (χ0n) is 25.3. The number of amides is 3. The molecule has 3 aliphatic heterocycles. The molecule has 0 radical (unpaired) electrons. The predicted molar refractivity (Wildman–Crippen MR) is 166 cm³/mol. The molecule has 0 spiro atoms. The fraction of sp³-hybridized carbons (Fsp3) is 0.545. The Labute approximate surface area is 259 Å². The van der Waals surface area contributed by atoms with E-state index < -0.39 is 17.8 Å². The lowest BCUT2D eigenvalue weighted by molar-refractivity contribution is -0.142. The highest BCUT2D eigenvalue weighted by atomic mass is 35.5. The maximum absolute atomic E-state index is 13.0. The average Bonchev–Trinajstić information content (AvgIpc) is 2.97. The number of aliphatic hydroxyl groups is 1. The normalized spacial score (nSPS) is 19.5. The summed E-state index contributed by atoms with van der Waals surface area (Å²) in [4.78, 5) is 43.7. The average molecular weight is 611 g/mol. The van der Waals surface area contributed by atoms with Crippen LogP contribution in [0.2, 0.25) is 5.02 Å². The van der Waals surface area contributed by atoms with E-state index in [2.05, 4.69) is 10.2 Å². The summed E-state index contributed by atoms with van der Waals surface area (Å²) >= 11 is 6.60. The molecular formula is C33H43ClN4O5. The molecule has 1 unspecified atom stereocenters. The number of nitrogens with one attached hydrogen (secondary N) is 1. The molecule has 3 amide bonds. The predicted octanol–water partition coefficient (Wildman–Crippen LogP) is 4.88. The van der Waals surface area contributed by atoms with Crippen LogP contribution in [0.3, 0.4) is 0 Å². The highest BCUT2D eigenvalue weighted by Crippen LogP contribution is 2.35. The minimum atomic E-state index is -1.10. The number of benzene rings is 2. The standard InChI is InChI=1S/C33H43ClN4O5/c1-33(2,3)43-32(42)35-25-20-38(21-25)30(40)27-10-9-26(19-28(27)34)36-15-11-22(12-16-36)23-13-17-37(18-14-23)31(41)29(39)24-7-5-4-6-8-24/h4-10,19,22-23,25,29,39H,11-18,20-21H2,1-3H3,(H,35,42). The first-order valence-electron chi connectivity index (χ1n) is 15.3. The number of halogens is 1. The van der Waals surface area contributed by atoms with Gasteiger partial charge in [-0.1, -0.05) is 41.9 Å². The maximum Gasteiger partial charge on any atom is 0.407 e. The number of likely N-dealkylation sites (tertiary alicyclic amines) is 2. The van der Waals surface area contributed by atoms with Crippen LogP contribution in [0.4, 0.5) is 10.5 Å². The van der Waals surface area contributed by atoms with Gasteiger partial charge in [-0.15, -0.1) is 0 Å². The van der Waals surface area contributed by atoms with E-state index >= 15 is 0 Å². The van der Waals surface area contributed by atoms with Gasteiger partial charge in [-0.3, -0.25) is 9.59 Å². The molecular weight excluding hydrogens is 568 g/mol. The molecule has 9 nitrogen and oxygen atoms in total. The third-order valence-corrected chi connectivity index (χ3v) is 9.16. The second-order valence-corrected chi connectivity index (χ2v) is 13.4. The SMILES string of the molecule is CC(C)(C)OC(=O)NC1CN(C(=O)c2ccc(N3CCC(C4CCN(C(=O)C(O)c5ccccc5)CC4)CC3)cc2Cl)C1. The molecule has 3 saturated heterocycles. The molecule has 232 valence electrons. The lowest BCUT2D eigenvalue weighted by Gasteiger charge is -2.41. The lowest BCUT2D eigenvalue weighted by atomic mass is 9.78. The molecule has 10 heteroatoms. The fourth-order valence-corrected chi connectivity index (χ4v) is 6.68. The van der Waals surface area contributed by atoms with Crippen molar-refractivity contribution in [2.75, 3.05) is 44.2 Å². The van der Waals surface area contributed by atoms with Crippen LogP contribution in [0.1, 0.15) is 68.5 Å². The Hall–Kier alpha value is -3.30. The zero-order valence-corrected chi connectivity index (χ0v) is 26.1. The number of hydrogen-bond acceptors (Lipinski definition) is 6. The van der Waals surface area contributed by atoms with E-state index in [0.29, 0.717) is 54.2 Å². The Bertz CT molecular complexity index is 1290. The largest absolute Gasteiger partial charge is 0.444 e. The smallest absolute Gasteiger partial charge is 0.407 e. The number of carbonyl (C=O) groups is 3. The Morgan fingerprint density at radius 2 is 1.51 bits per heavy atom. The van der Waals surface area contributed by atoms with Gasteiger partial charge in [0, 0.05) is 45.0 Å². The first kappa shape index (κ1) is 31.1.